The molecule has 2 aromatic rings. The van der Waals surface area contributed by atoms with E-state index in [1.807, 2.05) is 43.3 Å². The summed E-state index contributed by atoms with van der Waals surface area (Å²) in [7, 11) is 0. The number of anilines is 1. The molecule has 6 nitrogen and oxygen atoms in total. The van der Waals surface area contributed by atoms with Gasteiger partial charge in [0, 0.05) is 0 Å². The molecule has 3 aliphatic heterocycles. The molecule has 0 saturated carbocycles. The van der Waals surface area contributed by atoms with Crippen LogP contribution >= 0.6 is 0 Å². The van der Waals surface area contributed by atoms with Gasteiger partial charge < -0.3 is 0 Å². The van der Waals surface area contributed by atoms with Crippen molar-refractivity contribution in [3.63, 3.8) is 0 Å². The van der Waals surface area contributed by atoms with Crippen LogP contribution in [0.1, 0.15) is 29.7 Å². The lowest BCUT2D eigenvalue weighted by atomic mass is 9.84. The number of Topliss-reactive ketones (excluding diaryl/α,β-unsaturated/α-hetero) is 1. The van der Waals surface area contributed by atoms with Gasteiger partial charge in [0.2, 0.25) is 11.8 Å². The van der Waals surface area contributed by atoms with Gasteiger partial charge in [-0.05, 0) is 37.1 Å². The fraction of sp³-hybridized carbons (Fsp3) is 0.273. The van der Waals surface area contributed by atoms with Crippen LogP contribution in [0, 0.1) is 18.8 Å². The molecular weight excluding hydrogens is 354 g/mol. The topological polar surface area (TPSA) is 70.0 Å². The van der Waals surface area contributed by atoms with Gasteiger partial charge in [0.1, 0.15) is 6.04 Å². The maximum atomic E-state index is 13.4. The van der Waals surface area contributed by atoms with E-state index in [2.05, 4.69) is 5.10 Å². The van der Waals surface area contributed by atoms with Crippen LogP contribution in [0.4, 0.5) is 5.69 Å². The molecule has 0 radical (unpaired) electrons. The van der Waals surface area contributed by atoms with E-state index < -0.39 is 23.9 Å². The second-order valence-corrected chi connectivity index (χ2v) is 7.65. The summed E-state index contributed by atoms with van der Waals surface area (Å²) in [5.74, 6) is -2.08. The van der Waals surface area contributed by atoms with E-state index in [4.69, 9.17) is 0 Å². The van der Waals surface area contributed by atoms with Gasteiger partial charge in [0.05, 0.1) is 29.8 Å². The largest absolute Gasteiger partial charge is 0.298 e. The smallest absolute Gasteiger partial charge is 0.240 e. The highest BCUT2D eigenvalue weighted by molar-refractivity contribution is 6.24. The fourth-order valence-electron chi connectivity index (χ4n) is 4.77. The third kappa shape index (κ3) is 2.14. The number of benzene rings is 2. The van der Waals surface area contributed by atoms with Gasteiger partial charge in [-0.1, -0.05) is 42.0 Å². The number of aryl methyl sites for hydroxylation is 1. The van der Waals surface area contributed by atoms with Crippen molar-refractivity contribution in [1.82, 2.24) is 5.01 Å². The van der Waals surface area contributed by atoms with E-state index in [1.54, 1.807) is 23.4 Å². The normalized spacial score (nSPS) is 27.6. The zero-order chi connectivity index (χ0) is 19.6. The second-order valence-electron chi connectivity index (χ2n) is 7.65. The highest BCUT2D eigenvalue weighted by Crippen LogP contribution is 2.52. The number of hydrogen-bond donors (Lipinski definition) is 0. The van der Waals surface area contributed by atoms with Crippen LogP contribution in [0.5, 0.6) is 0 Å². The summed E-state index contributed by atoms with van der Waals surface area (Å²) < 4.78 is 0. The number of fused-ring (bicyclic) bond motifs is 5. The predicted molar refractivity (Wildman–Crippen MR) is 104 cm³/mol. The Morgan fingerprint density at radius 3 is 2.36 bits per heavy atom. The minimum Gasteiger partial charge on any atom is -0.298 e. The summed E-state index contributed by atoms with van der Waals surface area (Å²) in [5.41, 5.74) is 3.45. The standard InChI is InChI=1S/C22H19N3O3/c1-12-7-9-15(10-8-12)24-21(27)17-18(22(24)28)20-16-6-4-3-5-14(16)11-23-25(20)19(17)13(2)26/h3-11,17-20H,1-2H3/t17-,18+,19-,20-/m1/s1. The number of nitrogens with zero attached hydrogens (tertiary/aromatic N) is 3. The van der Waals surface area contributed by atoms with E-state index >= 15 is 0 Å². The molecule has 2 fully saturated rings. The molecule has 0 N–H and O–H groups in total. The molecule has 3 aliphatic rings. The summed E-state index contributed by atoms with van der Waals surface area (Å²) in [6.45, 7) is 3.42. The van der Waals surface area contributed by atoms with Crippen molar-refractivity contribution in [2.24, 2.45) is 16.9 Å². The van der Waals surface area contributed by atoms with Gasteiger partial charge in [-0.25, -0.2) is 4.90 Å². The molecule has 0 aromatic heterocycles. The monoisotopic (exact) mass is 373 g/mol. The molecule has 0 unspecified atom stereocenters. The average molecular weight is 373 g/mol. The third-order valence-electron chi connectivity index (χ3n) is 6.00. The van der Waals surface area contributed by atoms with Gasteiger partial charge >= 0.3 is 0 Å². The van der Waals surface area contributed by atoms with Crippen LogP contribution in [0.25, 0.3) is 0 Å². The Labute approximate surface area is 162 Å². The summed E-state index contributed by atoms with van der Waals surface area (Å²) in [4.78, 5) is 40.5. The van der Waals surface area contributed by atoms with Crippen molar-refractivity contribution in [2.45, 2.75) is 25.9 Å². The Balaban J connectivity index is 1.65. The molecule has 140 valence electrons. The van der Waals surface area contributed by atoms with Crippen molar-refractivity contribution in [3.8, 4) is 0 Å². The number of amides is 2. The summed E-state index contributed by atoms with van der Waals surface area (Å²) in [5, 5.41) is 6.13. The van der Waals surface area contributed by atoms with Gasteiger partial charge in [-0.2, -0.15) is 5.10 Å². The zero-order valence-corrected chi connectivity index (χ0v) is 15.6. The number of rotatable bonds is 2. The Hall–Kier alpha value is -3.28. The Bertz CT molecular complexity index is 1040. The van der Waals surface area contributed by atoms with Gasteiger partial charge in [-0.15, -0.1) is 0 Å². The van der Waals surface area contributed by atoms with Crippen LogP contribution < -0.4 is 4.90 Å². The molecule has 0 bridgehead atoms. The predicted octanol–water partition coefficient (Wildman–Crippen LogP) is 2.46. The van der Waals surface area contributed by atoms with Crippen molar-refractivity contribution in [1.29, 1.82) is 0 Å². The van der Waals surface area contributed by atoms with Crippen LogP contribution in [-0.4, -0.2) is 34.9 Å². The molecule has 2 aromatic carbocycles. The third-order valence-corrected chi connectivity index (χ3v) is 6.00. The number of carbonyl (C=O) groups excluding carboxylic acids is 3. The Kier molecular flexibility index (Phi) is 3.53. The maximum Gasteiger partial charge on any atom is 0.240 e. The fourth-order valence-corrected chi connectivity index (χ4v) is 4.77. The minimum absolute atomic E-state index is 0.152. The molecule has 2 amide bonds. The number of ketones is 1. The number of hydrazone groups is 1. The second kappa shape index (κ2) is 5.86. The lowest BCUT2D eigenvalue weighted by Crippen LogP contribution is -2.43. The molecule has 0 spiro atoms. The highest BCUT2D eigenvalue weighted by Gasteiger charge is 2.64. The van der Waals surface area contributed by atoms with Crippen LogP contribution in [-0.2, 0) is 14.4 Å². The van der Waals surface area contributed by atoms with E-state index in [-0.39, 0.29) is 17.6 Å². The first-order chi connectivity index (χ1) is 13.5. The molecule has 2 saturated heterocycles. The van der Waals surface area contributed by atoms with E-state index in [0.29, 0.717) is 5.69 Å². The van der Waals surface area contributed by atoms with E-state index in [0.717, 1.165) is 16.7 Å². The first kappa shape index (κ1) is 16.9. The molecule has 0 aliphatic carbocycles. The van der Waals surface area contributed by atoms with Crippen LogP contribution in [0.15, 0.2) is 53.6 Å². The van der Waals surface area contributed by atoms with Crippen molar-refractivity contribution >= 4 is 29.5 Å². The van der Waals surface area contributed by atoms with Gasteiger partial charge in [0.15, 0.2) is 5.78 Å². The average Bonchev–Trinajstić information content (AvgIpc) is 3.16. The first-order valence-electron chi connectivity index (χ1n) is 9.35. The maximum absolute atomic E-state index is 13.4. The molecule has 28 heavy (non-hydrogen) atoms. The molecule has 5 rings (SSSR count). The SMILES string of the molecule is CC(=O)[C@@H]1[C@@H]2C(=O)N(c3ccc(C)cc3)C(=O)[C@@H]2[C@H]2c3ccccc3C=NN12. The molecule has 3 heterocycles. The molecular formula is C22H19N3O3. The summed E-state index contributed by atoms with van der Waals surface area (Å²) in [6.07, 6.45) is 1.70. The quantitative estimate of drug-likeness (QED) is 0.759. The Morgan fingerprint density at radius 1 is 0.964 bits per heavy atom. The Morgan fingerprint density at radius 2 is 1.64 bits per heavy atom. The summed E-state index contributed by atoms with van der Waals surface area (Å²) in [6, 6.07) is 13.9. The van der Waals surface area contributed by atoms with Gasteiger partial charge in [-0.3, -0.25) is 19.4 Å². The molecule has 6 heteroatoms. The van der Waals surface area contributed by atoms with E-state index in [1.165, 1.54) is 11.8 Å². The number of carbonyl (C=O) groups is 3. The lowest BCUT2D eigenvalue weighted by Gasteiger charge is -2.33. The van der Waals surface area contributed by atoms with E-state index in [9.17, 15) is 14.4 Å². The number of hydrogen-bond acceptors (Lipinski definition) is 5. The highest BCUT2D eigenvalue weighted by atomic mass is 16.2. The minimum atomic E-state index is -0.730. The summed E-state index contributed by atoms with van der Waals surface area (Å²) >= 11 is 0. The lowest BCUT2D eigenvalue weighted by molar-refractivity contribution is -0.129. The van der Waals surface area contributed by atoms with Gasteiger partial charge in [0.25, 0.3) is 0 Å². The van der Waals surface area contributed by atoms with Crippen molar-refractivity contribution in [2.75, 3.05) is 4.90 Å². The zero-order valence-electron chi connectivity index (χ0n) is 15.6. The van der Waals surface area contributed by atoms with Crippen LogP contribution in [0.2, 0.25) is 0 Å². The van der Waals surface area contributed by atoms with Crippen molar-refractivity contribution < 1.29 is 14.4 Å². The van der Waals surface area contributed by atoms with Crippen LogP contribution in [0.3, 0.4) is 0 Å². The molecule has 4 atom stereocenters. The van der Waals surface area contributed by atoms with Crippen molar-refractivity contribution in [3.05, 3.63) is 65.2 Å². The first-order valence-corrected chi connectivity index (χ1v) is 9.35. The number of imide groups is 1.